The number of aliphatic hydroxyl groups is 2. The minimum absolute atomic E-state index is 0.388. The molecule has 2 aromatic heterocycles. The molecule has 0 aliphatic carbocycles. The Morgan fingerprint density at radius 3 is 2.61 bits per heavy atom. The highest BCUT2D eigenvalue weighted by atomic mass is 16.6. The number of hydrogen-bond acceptors (Lipinski definition) is 9. The van der Waals surface area contributed by atoms with Crippen molar-refractivity contribution in [3.8, 4) is 11.4 Å². The number of rotatable bonds is 7. The standard InChI is InChI=1S/C25H27N7O4/c1-26-16-10-6-9-15(11-16)21-30-22(28-12-14-7-4-3-5-8-14)17-23(31-21)32(13-29-17)25-19(34)18(33)20(36-25)24(35)27-2/h3-11,13,18-20,25-26,33-34H,12H2,1-2H3,(H,27,35)(H,28,30,31)/t18-,19+,20-,25+/m0/s1. The normalized spacial score (nSPS) is 21.4. The molecule has 1 amide bonds. The third-order valence-corrected chi connectivity index (χ3v) is 6.15. The number of imidazole rings is 1. The van der Waals surface area contributed by atoms with E-state index in [1.807, 2.05) is 61.6 Å². The fourth-order valence-electron chi connectivity index (χ4n) is 4.20. The van der Waals surface area contributed by atoms with Crippen LogP contribution in [0.25, 0.3) is 22.6 Å². The molecule has 186 valence electrons. The van der Waals surface area contributed by atoms with Gasteiger partial charge >= 0.3 is 0 Å². The van der Waals surface area contributed by atoms with Gasteiger partial charge in [0.15, 0.2) is 35.1 Å². The van der Waals surface area contributed by atoms with E-state index < -0.39 is 30.4 Å². The van der Waals surface area contributed by atoms with Crippen molar-refractivity contribution in [2.45, 2.75) is 31.1 Å². The Hall–Kier alpha value is -4.06. The molecule has 36 heavy (non-hydrogen) atoms. The van der Waals surface area contributed by atoms with E-state index in [0.717, 1.165) is 16.8 Å². The SMILES string of the molecule is CNC(=O)[C@H]1O[C@@H](n2cnc3c(NCc4ccccc4)nc(-c4cccc(NC)c4)nc32)[C@H](O)[C@@H]1O. The summed E-state index contributed by atoms with van der Waals surface area (Å²) < 4.78 is 7.28. The quantitative estimate of drug-likeness (QED) is 0.261. The Bertz CT molecular complexity index is 1380. The maximum absolute atomic E-state index is 12.1. The molecule has 11 heteroatoms. The Morgan fingerprint density at radius 2 is 1.86 bits per heavy atom. The van der Waals surface area contributed by atoms with E-state index in [1.54, 1.807) is 0 Å². The fraction of sp³-hybridized carbons (Fsp3) is 0.280. The van der Waals surface area contributed by atoms with E-state index in [9.17, 15) is 15.0 Å². The molecule has 0 bridgehead atoms. The third kappa shape index (κ3) is 4.35. The van der Waals surface area contributed by atoms with E-state index >= 15 is 0 Å². The molecule has 1 fully saturated rings. The number of nitrogens with zero attached hydrogens (tertiary/aromatic N) is 4. The van der Waals surface area contributed by atoms with Gasteiger partial charge in [-0.25, -0.2) is 15.0 Å². The predicted molar refractivity (Wildman–Crippen MR) is 134 cm³/mol. The molecule has 2 aromatic carbocycles. The number of aromatic nitrogens is 4. The second kappa shape index (κ2) is 9.90. The van der Waals surface area contributed by atoms with Crippen molar-refractivity contribution in [2.75, 3.05) is 24.7 Å². The molecule has 4 aromatic rings. The maximum atomic E-state index is 12.1. The van der Waals surface area contributed by atoms with Crippen LogP contribution in [-0.4, -0.2) is 68.0 Å². The van der Waals surface area contributed by atoms with Gasteiger partial charge in [0.1, 0.15) is 12.2 Å². The van der Waals surface area contributed by atoms with Crippen molar-refractivity contribution in [2.24, 2.45) is 0 Å². The number of amides is 1. The van der Waals surface area contributed by atoms with Crippen molar-refractivity contribution in [3.63, 3.8) is 0 Å². The maximum Gasteiger partial charge on any atom is 0.251 e. The van der Waals surface area contributed by atoms with Crippen LogP contribution in [0.5, 0.6) is 0 Å². The first kappa shape index (κ1) is 23.7. The summed E-state index contributed by atoms with van der Waals surface area (Å²) in [5.41, 5.74) is 3.59. The van der Waals surface area contributed by atoms with Crippen molar-refractivity contribution in [1.82, 2.24) is 24.8 Å². The summed E-state index contributed by atoms with van der Waals surface area (Å²) >= 11 is 0. The van der Waals surface area contributed by atoms with Crippen LogP contribution in [0, 0.1) is 0 Å². The van der Waals surface area contributed by atoms with Gasteiger partial charge in [0.2, 0.25) is 0 Å². The Balaban J connectivity index is 1.59. The summed E-state index contributed by atoms with van der Waals surface area (Å²) in [5, 5.41) is 30.0. The molecule has 0 spiro atoms. The van der Waals surface area contributed by atoms with Crippen LogP contribution in [0.3, 0.4) is 0 Å². The number of aliphatic hydroxyl groups excluding tert-OH is 2. The van der Waals surface area contributed by atoms with Gasteiger partial charge in [-0.1, -0.05) is 42.5 Å². The van der Waals surface area contributed by atoms with Crippen LogP contribution in [-0.2, 0) is 16.1 Å². The second-order valence-electron chi connectivity index (χ2n) is 8.43. The lowest BCUT2D eigenvalue weighted by Crippen LogP contribution is -2.41. The summed E-state index contributed by atoms with van der Waals surface area (Å²) in [6, 6.07) is 17.5. The van der Waals surface area contributed by atoms with Gasteiger partial charge in [-0.15, -0.1) is 0 Å². The number of fused-ring (bicyclic) bond motifs is 1. The zero-order valence-corrected chi connectivity index (χ0v) is 19.8. The Kier molecular flexibility index (Phi) is 6.51. The number of nitrogens with one attached hydrogen (secondary N) is 3. The first-order chi connectivity index (χ1) is 17.5. The number of hydrogen-bond donors (Lipinski definition) is 5. The smallest absolute Gasteiger partial charge is 0.251 e. The molecule has 1 aliphatic heterocycles. The second-order valence-corrected chi connectivity index (χ2v) is 8.43. The van der Waals surface area contributed by atoms with E-state index in [2.05, 4.69) is 20.9 Å². The molecule has 5 rings (SSSR count). The number of carbonyl (C=O) groups is 1. The molecular weight excluding hydrogens is 462 g/mol. The highest BCUT2D eigenvalue weighted by Gasteiger charge is 2.47. The third-order valence-electron chi connectivity index (χ3n) is 6.15. The number of carbonyl (C=O) groups excluding carboxylic acids is 1. The molecule has 0 saturated carbocycles. The summed E-state index contributed by atoms with van der Waals surface area (Å²) in [6.07, 6.45) is -3.60. The molecular formula is C25H27N7O4. The van der Waals surface area contributed by atoms with Crippen LogP contribution < -0.4 is 16.0 Å². The lowest BCUT2D eigenvalue weighted by Gasteiger charge is -2.17. The average molecular weight is 490 g/mol. The van der Waals surface area contributed by atoms with Crippen LogP contribution in [0.2, 0.25) is 0 Å². The summed E-state index contributed by atoms with van der Waals surface area (Å²) in [7, 11) is 3.27. The van der Waals surface area contributed by atoms with Gasteiger partial charge in [0, 0.05) is 31.9 Å². The monoisotopic (exact) mass is 489 g/mol. The van der Waals surface area contributed by atoms with Crippen LogP contribution in [0.1, 0.15) is 11.8 Å². The van der Waals surface area contributed by atoms with E-state index in [0.29, 0.717) is 29.4 Å². The van der Waals surface area contributed by atoms with Gasteiger partial charge in [0.05, 0.1) is 6.33 Å². The largest absolute Gasteiger partial charge is 0.388 e. The molecule has 11 nitrogen and oxygen atoms in total. The van der Waals surface area contributed by atoms with Gasteiger partial charge in [0.25, 0.3) is 5.91 Å². The molecule has 0 unspecified atom stereocenters. The zero-order valence-electron chi connectivity index (χ0n) is 19.8. The molecule has 1 saturated heterocycles. The Morgan fingerprint density at radius 1 is 1.06 bits per heavy atom. The van der Waals surface area contributed by atoms with Crippen LogP contribution in [0.15, 0.2) is 60.9 Å². The molecule has 4 atom stereocenters. The minimum Gasteiger partial charge on any atom is -0.388 e. The minimum atomic E-state index is -1.41. The molecule has 0 radical (unpaired) electrons. The van der Waals surface area contributed by atoms with Gasteiger partial charge in [-0.3, -0.25) is 9.36 Å². The average Bonchev–Trinajstić information content (AvgIpc) is 3.48. The van der Waals surface area contributed by atoms with E-state index in [1.165, 1.54) is 17.9 Å². The fourth-order valence-corrected chi connectivity index (χ4v) is 4.20. The lowest BCUT2D eigenvalue weighted by molar-refractivity contribution is -0.137. The van der Waals surface area contributed by atoms with Crippen molar-refractivity contribution in [3.05, 3.63) is 66.5 Å². The zero-order chi connectivity index (χ0) is 25.2. The summed E-state index contributed by atoms with van der Waals surface area (Å²) in [6.45, 7) is 0.510. The number of ether oxygens (including phenoxy) is 1. The van der Waals surface area contributed by atoms with E-state index in [-0.39, 0.29) is 0 Å². The van der Waals surface area contributed by atoms with Crippen molar-refractivity contribution >= 4 is 28.6 Å². The van der Waals surface area contributed by atoms with Gasteiger partial charge in [-0.05, 0) is 17.7 Å². The van der Waals surface area contributed by atoms with Crippen molar-refractivity contribution in [1.29, 1.82) is 0 Å². The van der Waals surface area contributed by atoms with Crippen molar-refractivity contribution < 1.29 is 19.7 Å². The Labute approximate surface area is 207 Å². The first-order valence-electron chi connectivity index (χ1n) is 11.5. The highest BCUT2D eigenvalue weighted by Crippen LogP contribution is 2.34. The van der Waals surface area contributed by atoms with Gasteiger partial charge < -0.3 is 30.9 Å². The summed E-state index contributed by atoms with van der Waals surface area (Å²) in [4.78, 5) is 26.1. The number of benzene rings is 2. The molecule has 3 heterocycles. The predicted octanol–water partition coefficient (Wildman–Crippen LogP) is 1.51. The highest BCUT2D eigenvalue weighted by molar-refractivity contribution is 5.86. The number of likely N-dealkylation sites (N-methyl/N-ethyl adjacent to an activating group) is 1. The van der Waals surface area contributed by atoms with E-state index in [4.69, 9.17) is 14.7 Å². The number of anilines is 2. The first-order valence-corrected chi connectivity index (χ1v) is 11.5. The van der Waals surface area contributed by atoms with Gasteiger partial charge in [-0.2, -0.15) is 0 Å². The summed E-state index contributed by atoms with van der Waals surface area (Å²) in [5.74, 6) is 0.411. The topological polar surface area (TPSA) is 146 Å². The lowest BCUT2D eigenvalue weighted by atomic mass is 10.1. The molecule has 5 N–H and O–H groups in total. The molecule has 1 aliphatic rings. The van der Waals surface area contributed by atoms with Crippen LogP contribution in [0.4, 0.5) is 11.5 Å². The van der Waals surface area contributed by atoms with Crippen LogP contribution >= 0.6 is 0 Å².